The van der Waals surface area contributed by atoms with Gasteiger partial charge >= 0.3 is 0 Å². The number of phenols is 1. The molecule has 0 aromatic heterocycles. The molecule has 0 aliphatic carbocycles. The standard InChI is InChI=1S/C19H22O2/c1-11-6-13(3)18(10-20)16(8-11)15(5)17-9-12(2)7-14(4)19(17)21/h6-10,15,21H,1-5H3. The summed E-state index contributed by atoms with van der Waals surface area (Å²) in [6.07, 6.45) is 0.917. The van der Waals surface area contributed by atoms with Crippen LogP contribution in [0, 0.1) is 27.7 Å². The number of aryl methyl sites for hydroxylation is 4. The van der Waals surface area contributed by atoms with Gasteiger partial charge in [-0.2, -0.15) is 0 Å². The van der Waals surface area contributed by atoms with Crippen LogP contribution in [0.15, 0.2) is 24.3 Å². The van der Waals surface area contributed by atoms with Crippen LogP contribution in [0.3, 0.4) is 0 Å². The van der Waals surface area contributed by atoms with Gasteiger partial charge in [-0.15, -0.1) is 0 Å². The highest BCUT2D eigenvalue weighted by Crippen LogP contribution is 2.36. The number of carbonyl (C=O) groups is 1. The van der Waals surface area contributed by atoms with E-state index in [2.05, 4.69) is 0 Å². The van der Waals surface area contributed by atoms with Gasteiger partial charge in [0, 0.05) is 17.0 Å². The molecule has 0 spiro atoms. The highest BCUT2D eigenvalue weighted by molar-refractivity contribution is 5.80. The number of rotatable bonds is 3. The van der Waals surface area contributed by atoms with Gasteiger partial charge in [-0.25, -0.2) is 0 Å². The second-order valence-electron chi connectivity index (χ2n) is 5.94. The van der Waals surface area contributed by atoms with Gasteiger partial charge in [0.2, 0.25) is 0 Å². The maximum Gasteiger partial charge on any atom is 0.150 e. The predicted molar refractivity (Wildman–Crippen MR) is 86.4 cm³/mol. The van der Waals surface area contributed by atoms with Crippen LogP contribution >= 0.6 is 0 Å². The number of hydrogen-bond acceptors (Lipinski definition) is 2. The molecule has 2 rings (SSSR count). The van der Waals surface area contributed by atoms with E-state index < -0.39 is 0 Å². The first-order valence-corrected chi connectivity index (χ1v) is 7.21. The molecule has 0 heterocycles. The van der Waals surface area contributed by atoms with Gasteiger partial charge in [-0.05, 0) is 44.4 Å². The normalized spacial score (nSPS) is 12.2. The molecule has 2 aromatic rings. The van der Waals surface area contributed by atoms with Crippen LogP contribution in [-0.2, 0) is 0 Å². The summed E-state index contributed by atoms with van der Waals surface area (Å²) in [7, 11) is 0. The van der Waals surface area contributed by atoms with Gasteiger partial charge in [0.1, 0.15) is 5.75 Å². The number of hydrogen-bond donors (Lipinski definition) is 1. The lowest BCUT2D eigenvalue weighted by atomic mass is 9.85. The molecule has 0 saturated carbocycles. The van der Waals surface area contributed by atoms with Crippen molar-refractivity contribution < 1.29 is 9.90 Å². The van der Waals surface area contributed by atoms with E-state index in [9.17, 15) is 9.90 Å². The van der Waals surface area contributed by atoms with Crippen molar-refractivity contribution in [3.63, 3.8) is 0 Å². The molecule has 1 unspecified atom stereocenters. The Labute approximate surface area is 126 Å². The molecule has 0 radical (unpaired) electrons. The van der Waals surface area contributed by atoms with Crippen LogP contribution in [-0.4, -0.2) is 11.4 Å². The molecule has 0 amide bonds. The van der Waals surface area contributed by atoms with Crippen molar-refractivity contribution in [3.8, 4) is 5.75 Å². The minimum atomic E-state index is -0.0256. The van der Waals surface area contributed by atoms with Crippen molar-refractivity contribution in [1.29, 1.82) is 0 Å². The molecule has 0 saturated heterocycles. The summed E-state index contributed by atoms with van der Waals surface area (Å²) < 4.78 is 0. The van der Waals surface area contributed by atoms with Crippen molar-refractivity contribution in [2.45, 2.75) is 40.5 Å². The second-order valence-corrected chi connectivity index (χ2v) is 5.94. The molecule has 21 heavy (non-hydrogen) atoms. The van der Waals surface area contributed by atoms with Crippen LogP contribution in [0.2, 0.25) is 0 Å². The molecule has 0 aliphatic heterocycles. The average molecular weight is 282 g/mol. The van der Waals surface area contributed by atoms with Gasteiger partial charge in [0.05, 0.1) is 0 Å². The number of carbonyl (C=O) groups excluding carboxylic acids is 1. The number of phenolic OH excluding ortho intramolecular Hbond substituents is 1. The lowest BCUT2D eigenvalue weighted by Gasteiger charge is -2.20. The topological polar surface area (TPSA) is 37.3 Å². The zero-order valence-electron chi connectivity index (χ0n) is 13.3. The summed E-state index contributed by atoms with van der Waals surface area (Å²) in [5.74, 6) is 0.298. The summed E-state index contributed by atoms with van der Waals surface area (Å²) >= 11 is 0. The Morgan fingerprint density at radius 3 is 2.00 bits per heavy atom. The smallest absolute Gasteiger partial charge is 0.150 e. The van der Waals surface area contributed by atoms with E-state index in [1.165, 1.54) is 0 Å². The fourth-order valence-corrected chi connectivity index (χ4v) is 3.02. The Morgan fingerprint density at radius 2 is 1.43 bits per heavy atom. The van der Waals surface area contributed by atoms with Crippen LogP contribution in [0.4, 0.5) is 0 Å². The third-order valence-electron chi connectivity index (χ3n) is 4.09. The fraction of sp³-hybridized carbons (Fsp3) is 0.316. The van der Waals surface area contributed by atoms with Gasteiger partial charge in [0.25, 0.3) is 0 Å². The fourth-order valence-electron chi connectivity index (χ4n) is 3.02. The first-order valence-electron chi connectivity index (χ1n) is 7.21. The number of aldehydes is 1. The van der Waals surface area contributed by atoms with E-state index in [0.717, 1.165) is 45.2 Å². The Balaban J connectivity index is 2.65. The molecule has 110 valence electrons. The van der Waals surface area contributed by atoms with Gasteiger partial charge in [-0.1, -0.05) is 42.3 Å². The van der Waals surface area contributed by atoms with Crippen molar-refractivity contribution in [2.75, 3.05) is 0 Å². The Morgan fingerprint density at radius 1 is 0.905 bits per heavy atom. The lowest BCUT2D eigenvalue weighted by Crippen LogP contribution is -2.05. The molecule has 0 aliphatic rings. The maximum absolute atomic E-state index is 11.5. The molecular formula is C19H22O2. The van der Waals surface area contributed by atoms with Crippen molar-refractivity contribution in [3.05, 3.63) is 63.2 Å². The van der Waals surface area contributed by atoms with Crippen LogP contribution in [0.1, 0.15) is 56.6 Å². The first-order chi connectivity index (χ1) is 9.85. The minimum Gasteiger partial charge on any atom is -0.507 e. The molecule has 2 aromatic carbocycles. The molecule has 0 fully saturated rings. The largest absolute Gasteiger partial charge is 0.507 e. The Hall–Kier alpha value is -2.09. The lowest BCUT2D eigenvalue weighted by molar-refractivity contribution is 0.112. The molecule has 1 atom stereocenters. The third kappa shape index (κ3) is 2.85. The monoisotopic (exact) mass is 282 g/mol. The summed E-state index contributed by atoms with van der Waals surface area (Å²) in [5.41, 5.74) is 6.67. The predicted octanol–water partition coefficient (Wildman–Crippen LogP) is 4.59. The summed E-state index contributed by atoms with van der Waals surface area (Å²) in [5, 5.41) is 10.4. The molecule has 2 nitrogen and oxygen atoms in total. The van der Waals surface area contributed by atoms with Crippen molar-refractivity contribution in [1.82, 2.24) is 0 Å². The Kier molecular flexibility index (Phi) is 4.17. The van der Waals surface area contributed by atoms with E-state index in [-0.39, 0.29) is 5.92 Å². The van der Waals surface area contributed by atoms with Gasteiger partial charge in [-0.3, -0.25) is 4.79 Å². The highest BCUT2D eigenvalue weighted by atomic mass is 16.3. The molecular weight excluding hydrogens is 260 g/mol. The van der Waals surface area contributed by atoms with Crippen molar-refractivity contribution in [2.24, 2.45) is 0 Å². The number of aromatic hydroxyl groups is 1. The van der Waals surface area contributed by atoms with Crippen LogP contribution in [0.5, 0.6) is 5.75 Å². The summed E-state index contributed by atoms with van der Waals surface area (Å²) in [6.45, 7) is 9.94. The molecule has 0 bridgehead atoms. The van der Waals surface area contributed by atoms with E-state index in [0.29, 0.717) is 5.75 Å². The molecule has 1 N–H and O–H groups in total. The van der Waals surface area contributed by atoms with E-state index in [1.807, 2.05) is 58.9 Å². The third-order valence-corrected chi connectivity index (χ3v) is 4.09. The quantitative estimate of drug-likeness (QED) is 0.836. The Bertz CT molecular complexity index is 699. The van der Waals surface area contributed by atoms with E-state index in [4.69, 9.17) is 0 Å². The number of benzene rings is 2. The van der Waals surface area contributed by atoms with E-state index >= 15 is 0 Å². The van der Waals surface area contributed by atoms with E-state index in [1.54, 1.807) is 0 Å². The highest BCUT2D eigenvalue weighted by Gasteiger charge is 2.19. The maximum atomic E-state index is 11.5. The minimum absolute atomic E-state index is 0.0256. The summed E-state index contributed by atoms with van der Waals surface area (Å²) in [4.78, 5) is 11.5. The van der Waals surface area contributed by atoms with Gasteiger partial charge < -0.3 is 5.11 Å². The zero-order chi connectivity index (χ0) is 15.7. The van der Waals surface area contributed by atoms with Gasteiger partial charge in [0.15, 0.2) is 6.29 Å². The zero-order valence-corrected chi connectivity index (χ0v) is 13.3. The second kappa shape index (κ2) is 5.72. The van der Waals surface area contributed by atoms with Crippen LogP contribution < -0.4 is 0 Å². The summed E-state index contributed by atoms with van der Waals surface area (Å²) in [6, 6.07) is 8.02. The molecule has 2 heteroatoms. The van der Waals surface area contributed by atoms with Crippen molar-refractivity contribution >= 4 is 6.29 Å². The SMILES string of the molecule is Cc1cc(C)c(O)c(C(C)c2cc(C)cc(C)c2C=O)c1. The average Bonchev–Trinajstić information content (AvgIpc) is 2.41. The first kappa shape index (κ1) is 15.3. The van der Waals surface area contributed by atoms with Crippen LogP contribution in [0.25, 0.3) is 0 Å².